The highest BCUT2D eigenvalue weighted by molar-refractivity contribution is 5.95. The first-order chi connectivity index (χ1) is 12.1. The van der Waals surface area contributed by atoms with Gasteiger partial charge in [0.05, 0.1) is 10.6 Å². The van der Waals surface area contributed by atoms with Gasteiger partial charge in [-0.2, -0.15) is 13.9 Å². The van der Waals surface area contributed by atoms with Gasteiger partial charge >= 0.3 is 12.3 Å². The van der Waals surface area contributed by atoms with Gasteiger partial charge in [0.15, 0.2) is 0 Å². The molecule has 0 aliphatic heterocycles. The Kier molecular flexibility index (Phi) is 5.53. The molecule has 1 N–H and O–H groups in total. The molecule has 1 heterocycles. The molecule has 2 rings (SSSR count). The number of anilines is 1. The van der Waals surface area contributed by atoms with Gasteiger partial charge in [0.25, 0.3) is 0 Å². The Morgan fingerprint density at radius 3 is 2.54 bits per heavy atom. The van der Waals surface area contributed by atoms with E-state index in [0.717, 1.165) is 5.56 Å². The van der Waals surface area contributed by atoms with E-state index in [9.17, 15) is 23.7 Å². The Balaban J connectivity index is 2.29. The predicted molar refractivity (Wildman–Crippen MR) is 89.5 cm³/mol. The lowest BCUT2D eigenvalue weighted by Crippen LogP contribution is -2.25. The SMILES string of the molecule is Cc1ccc(OC(F)F)c(NC(=O)C(C)n2nc(C)c([N+](=O)[O-])c2C)c1. The van der Waals surface area contributed by atoms with Crippen molar-refractivity contribution < 1.29 is 23.2 Å². The van der Waals surface area contributed by atoms with Gasteiger partial charge < -0.3 is 10.1 Å². The quantitative estimate of drug-likeness (QED) is 0.621. The molecular formula is C16H18F2N4O4. The number of nitrogens with zero attached hydrogens (tertiary/aromatic N) is 3. The topological polar surface area (TPSA) is 99.3 Å². The Hall–Kier alpha value is -3.04. The molecule has 0 fully saturated rings. The lowest BCUT2D eigenvalue weighted by atomic mass is 10.2. The number of amides is 1. The monoisotopic (exact) mass is 368 g/mol. The second-order valence-electron chi connectivity index (χ2n) is 5.76. The summed E-state index contributed by atoms with van der Waals surface area (Å²) < 4.78 is 30.7. The molecule has 0 radical (unpaired) electrons. The van der Waals surface area contributed by atoms with Crippen molar-refractivity contribution in [3.05, 3.63) is 45.3 Å². The van der Waals surface area contributed by atoms with Gasteiger partial charge in [-0.15, -0.1) is 0 Å². The van der Waals surface area contributed by atoms with Gasteiger partial charge in [-0.25, -0.2) is 0 Å². The standard InChI is InChI=1S/C16H18F2N4O4/c1-8-5-6-13(26-16(17)18)12(7-8)19-15(23)11(4)21-10(3)14(22(24)25)9(2)20-21/h5-7,11,16H,1-4H3,(H,19,23). The minimum atomic E-state index is -3.04. The molecule has 0 aliphatic rings. The third kappa shape index (κ3) is 3.95. The summed E-state index contributed by atoms with van der Waals surface area (Å²) >= 11 is 0. The Bertz CT molecular complexity index is 851. The molecule has 0 spiro atoms. The van der Waals surface area contributed by atoms with Crippen LogP contribution in [0.2, 0.25) is 0 Å². The van der Waals surface area contributed by atoms with Crippen LogP contribution in [0.4, 0.5) is 20.2 Å². The number of nitrogens with one attached hydrogen (secondary N) is 1. The van der Waals surface area contributed by atoms with Gasteiger partial charge in [-0.05, 0) is 45.4 Å². The highest BCUT2D eigenvalue weighted by Crippen LogP contribution is 2.29. The van der Waals surface area contributed by atoms with Crippen molar-refractivity contribution in [3.63, 3.8) is 0 Å². The number of carbonyl (C=O) groups excluding carboxylic acids is 1. The van der Waals surface area contributed by atoms with Crippen molar-refractivity contribution in [2.45, 2.75) is 40.3 Å². The molecule has 0 bridgehead atoms. The van der Waals surface area contributed by atoms with E-state index in [4.69, 9.17) is 0 Å². The second kappa shape index (κ2) is 7.46. The first kappa shape index (κ1) is 19.3. The number of carbonyl (C=O) groups is 1. The van der Waals surface area contributed by atoms with Crippen molar-refractivity contribution in [1.82, 2.24) is 9.78 Å². The van der Waals surface area contributed by atoms with E-state index in [1.54, 1.807) is 13.0 Å². The minimum Gasteiger partial charge on any atom is -0.433 e. The largest absolute Gasteiger partial charge is 0.433 e. The molecule has 8 nitrogen and oxygen atoms in total. The fourth-order valence-electron chi connectivity index (χ4n) is 2.58. The van der Waals surface area contributed by atoms with Crippen LogP contribution in [0.25, 0.3) is 0 Å². The molecule has 1 unspecified atom stereocenters. The minimum absolute atomic E-state index is 0.0816. The maximum atomic E-state index is 12.5. The lowest BCUT2D eigenvalue weighted by molar-refractivity contribution is -0.386. The van der Waals surface area contributed by atoms with E-state index in [1.165, 1.54) is 37.6 Å². The van der Waals surface area contributed by atoms with Crippen LogP contribution in [0.1, 0.15) is 29.9 Å². The molecule has 0 saturated heterocycles. The van der Waals surface area contributed by atoms with Gasteiger partial charge in [0.1, 0.15) is 23.2 Å². The van der Waals surface area contributed by atoms with Crippen LogP contribution in [-0.4, -0.2) is 27.2 Å². The molecule has 2 aromatic rings. The molecule has 10 heteroatoms. The van der Waals surface area contributed by atoms with E-state index >= 15 is 0 Å². The third-order valence-corrected chi connectivity index (χ3v) is 3.82. The number of ether oxygens (including phenoxy) is 1. The average molecular weight is 368 g/mol. The lowest BCUT2D eigenvalue weighted by Gasteiger charge is -2.16. The van der Waals surface area contributed by atoms with Crippen molar-refractivity contribution in [1.29, 1.82) is 0 Å². The van der Waals surface area contributed by atoms with Crippen LogP contribution in [-0.2, 0) is 4.79 Å². The number of aromatic nitrogens is 2. The number of hydrogen-bond donors (Lipinski definition) is 1. The van der Waals surface area contributed by atoms with Gasteiger partial charge in [-0.1, -0.05) is 6.07 Å². The first-order valence-electron chi connectivity index (χ1n) is 7.68. The molecule has 1 atom stereocenters. The molecule has 26 heavy (non-hydrogen) atoms. The Labute approximate surface area is 147 Å². The summed E-state index contributed by atoms with van der Waals surface area (Å²) in [6.07, 6.45) is 0. The van der Waals surface area contributed by atoms with Crippen LogP contribution in [0, 0.1) is 30.9 Å². The Morgan fingerprint density at radius 1 is 1.35 bits per heavy atom. The summed E-state index contributed by atoms with van der Waals surface area (Å²) in [6, 6.07) is 3.49. The van der Waals surface area contributed by atoms with E-state index in [2.05, 4.69) is 15.2 Å². The fourth-order valence-corrected chi connectivity index (χ4v) is 2.58. The van der Waals surface area contributed by atoms with Gasteiger partial charge in [-0.3, -0.25) is 19.6 Å². The van der Waals surface area contributed by atoms with E-state index in [1.807, 2.05) is 0 Å². The number of rotatable bonds is 6. The molecule has 1 aromatic carbocycles. The zero-order chi connectivity index (χ0) is 19.6. The highest BCUT2D eigenvalue weighted by atomic mass is 19.3. The summed E-state index contributed by atoms with van der Waals surface area (Å²) in [5.41, 5.74) is 1.06. The number of hydrogen-bond acceptors (Lipinski definition) is 5. The Morgan fingerprint density at radius 2 is 2.00 bits per heavy atom. The number of nitro groups is 1. The first-order valence-corrected chi connectivity index (χ1v) is 7.68. The van der Waals surface area contributed by atoms with Crippen LogP contribution >= 0.6 is 0 Å². The molecule has 140 valence electrons. The van der Waals surface area contributed by atoms with Crippen LogP contribution < -0.4 is 10.1 Å². The normalized spacial score (nSPS) is 12.1. The second-order valence-corrected chi connectivity index (χ2v) is 5.76. The predicted octanol–water partition coefficient (Wildman–Crippen LogP) is 3.52. The van der Waals surface area contributed by atoms with E-state index in [0.29, 0.717) is 0 Å². The fraction of sp³-hybridized carbons (Fsp3) is 0.375. The summed E-state index contributed by atoms with van der Waals surface area (Å²) in [7, 11) is 0. The summed E-state index contributed by atoms with van der Waals surface area (Å²) in [5, 5.41) is 17.6. The summed E-state index contributed by atoms with van der Waals surface area (Å²) in [5.74, 6) is -0.749. The molecule has 0 saturated carbocycles. The zero-order valence-corrected chi connectivity index (χ0v) is 14.6. The van der Waals surface area contributed by atoms with Gasteiger partial charge in [0, 0.05) is 0 Å². The van der Waals surface area contributed by atoms with Crippen molar-refractivity contribution in [2.24, 2.45) is 0 Å². The van der Waals surface area contributed by atoms with E-state index in [-0.39, 0.29) is 28.5 Å². The number of halogens is 2. The van der Waals surface area contributed by atoms with E-state index < -0.39 is 23.5 Å². The maximum Gasteiger partial charge on any atom is 0.387 e. The number of alkyl halides is 2. The molecule has 1 aromatic heterocycles. The summed E-state index contributed by atoms with van der Waals surface area (Å²) in [4.78, 5) is 23.0. The van der Waals surface area contributed by atoms with Crippen molar-refractivity contribution in [3.8, 4) is 5.75 Å². The van der Waals surface area contributed by atoms with Crippen LogP contribution in [0.15, 0.2) is 18.2 Å². The smallest absolute Gasteiger partial charge is 0.387 e. The van der Waals surface area contributed by atoms with Crippen molar-refractivity contribution in [2.75, 3.05) is 5.32 Å². The van der Waals surface area contributed by atoms with Gasteiger partial charge in [0.2, 0.25) is 5.91 Å². The number of benzene rings is 1. The molecule has 0 aliphatic carbocycles. The molecular weight excluding hydrogens is 350 g/mol. The number of aryl methyl sites for hydroxylation is 2. The maximum absolute atomic E-state index is 12.5. The van der Waals surface area contributed by atoms with Crippen LogP contribution in [0.3, 0.4) is 0 Å². The molecule has 1 amide bonds. The zero-order valence-electron chi connectivity index (χ0n) is 14.6. The average Bonchev–Trinajstić information content (AvgIpc) is 2.83. The van der Waals surface area contributed by atoms with Crippen molar-refractivity contribution >= 4 is 17.3 Å². The summed E-state index contributed by atoms with van der Waals surface area (Å²) in [6.45, 7) is 3.16. The third-order valence-electron chi connectivity index (χ3n) is 3.82. The highest BCUT2D eigenvalue weighted by Gasteiger charge is 2.27. The van der Waals surface area contributed by atoms with Crippen LogP contribution in [0.5, 0.6) is 5.75 Å².